The summed E-state index contributed by atoms with van der Waals surface area (Å²) in [6.45, 7) is 5.64. The lowest BCUT2D eigenvalue weighted by molar-refractivity contribution is -0.144. The van der Waals surface area contributed by atoms with Crippen LogP contribution in [-0.4, -0.2) is 20.4 Å². The van der Waals surface area contributed by atoms with Gasteiger partial charge in [0.15, 0.2) is 0 Å². The molecule has 1 aromatic carbocycles. The molecule has 0 spiro atoms. The van der Waals surface area contributed by atoms with E-state index >= 15 is 0 Å². The van der Waals surface area contributed by atoms with Crippen molar-refractivity contribution < 1.29 is 34.8 Å². The van der Waals surface area contributed by atoms with Crippen LogP contribution >= 0.6 is 0 Å². The van der Waals surface area contributed by atoms with Crippen LogP contribution in [0.5, 0.6) is 0 Å². The van der Waals surface area contributed by atoms with E-state index in [1.54, 1.807) is 6.92 Å². The zero-order valence-corrected chi connectivity index (χ0v) is 16.0. The fourth-order valence-corrected chi connectivity index (χ4v) is 3.91. The maximum atomic E-state index is 13.2. The number of alkyl halides is 6. The third kappa shape index (κ3) is 5.09. The van der Waals surface area contributed by atoms with Gasteiger partial charge >= 0.3 is 12.4 Å². The SMILES string of the molecule is CC(C)CCC(C)NC1=NS(=O)(=O)c2c(cc(C(F)(F)F)cc2C(F)(F)F)N1. The summed E-state index contributed by atoms with van der Waals surface area (Å²) in [4.78, 5) is -1.33. The molecule has 158 valence electrons. The van der Waals surface area contributed by atoms with Crippen molar-refractivity contribution >= 4 is 21.7 Å². The molecule has 1 atom stereocenters. The minimum Gasteiger partial charge on any atom is -0.353 e. The van der Waals surface area contributed by atoms with E-state index in [1.165, 1.54) is 0 Å². The van der Waals surface area contributed by atoms with E-state index in [9.17, 15) is 34.8 Å². The topological polar surface area (TPSA) is 70.6 Å². The lowest BCUT2D eigenvalue weighted by Gasteiger charge is -2.25. The maximum absolute atomic E-state index is 13.2. The van der Waals surface area contributed by atoms with Gasteiger partial charge in [0.2, 0.25) is 5.96 Å². The van der Waals surface area contributed by atoms with Crippen molar-refractivity contribution in [2.24, 2.45) is 10.3 Å². The van der Waals surface area contributed by atoms with Gasteiger partial charge in [-0.2, -0.15) is 34.8 Å². The molecule has 0 saturated carbocycles. The van der Waals surface area contributed by atoms with Gasteiger partial charge in [-0.25, -0.2) is 0 Å². The van der Waals surface area contributed by atoms with Gasteiger partial charge in [-0.1, -0.05) is 13.8 Å². The van der Waals surface area contributed by atoms with Crippen LogP contribution in [0.3, 0.4) is 0 Å². The van der Waals surface area contributed by atoms with Gasteiger partial charge in [-0.15, -0.1) is 4.40 Å². The van der Waals surface area contributed by atoms with Crippen LogP contribution in [0.4, 0.5) is 32.0 Å². The second-order valence-corrected chi connectivity index (χ2v) is 8.49. The number of rotatable bonds is 4. The number of hydrogen-bond donors (Lipinski definition) is 2. The molecule has 0 aliphatic carbocycles. The molecule has 0 amide bonds. The second-order valence-electron chi connectivity index (χ2n) is 6.95. The Morgan fingerprint density at radius 2 is 1.64 bits per heavy atom. The summed E-state index contributed by atoms with van der Waals surface area (Å²) < 4.78 is 107. The number of anilines is 1. The smallest absolute Gasteiger partial charge is 0.353 e. The fourth-order valence-electron chi connectivity index (χ4n) is 2.64. The van der Waals surface area contributed by atoms with E-state index in [0.29, 0.717) is 18.4 Å². The predicted octanol–water partition coefficient (Wildman–Crippen LogP) is 4.61. The molecular formula is C16H19F6N3O2S. The van der Waals surface area contributed by atoms with Gasteiger partial charge in [-0.3, -0.25) is 0 Å². The van der Waals surface area contributed by atoms with Crippen molar-refractivity contribution in [1.82, 2.24) is 5.32 Å². The lowest BCUT2D eigenvalue weighted by Crippen LogP contribution is -2.40. The molecular weight excluding hydrogens is 412 g/mol. The number of sulfonamides is 1. The first-order chi connectivity index (χ1) is 12.6. The Hall–Kier alpha value is -1.98. The normalized spacial score (nSPS) is 17.6. The predicted molar refractivity (Wildman–Crippen MR) is 91.4 cm³/mol. The summed E-state index contributed by atoms with van der Waals surface area (Å²) in [6, 6.07) is -0.201. The van der Waals surface area contributed by atoms with Crippen molar-refractivity contribution in [3.8, 4) is 0 Å². The number of benzene rings is 1. The molecule has 0 radical (unpaired) electrons. The summed E-state index contributed by atoms with van der Waals surface area (Å²) in [5, 5.41) is 4.94. The highest BCUT2D eigenvalue weighted by Crippen LogP contribution is 2.44. The van der Waals surface area contributed by atoms with E-state index in [4.69, 9.17) is 0 Å². The van der Waals surface area contributed by atoms with Crippen molar-refractivity contribution in [1.29, 1.82) is 0 Å². The molecule has 1 unspecified atom stereocenters. The molecule has 1 aliphatic rings. The third-order valence-electron chi connectivity index (χ3n) is 4.00. The van der Waals surface area contributed by atoms with Crippen LogP contribution in [-0.2, 0) is 22.4 Å². The van der Waals surface area contributed by atoms with E-state index in [1.807, 2.05) is 13.8 Å². The zero-order chi connectivity index (χ0) is 21.5. The van der Waals surface area contributed by atoms with Gasteiger partial charge in [0, 0.05) is 6.04 Å². The van der Waals surface area contributed by atoms with Gasteiger partial charge in [-0.05, 0) is 37.8 Å². The summed E-state index contributed by atoms with van der Waals surface area (Å²) in [5.41, 5.74) is -4.36. The summed E-state index contributed by atoms with van der Waals surface area (Å²) in [6.07, 6.45) is -9.03. The van der Waals surface area contributed by atoms with Crippen LogP contribution in [0.15, 0.2) is 21.4 Å². The Labute approximate surface area is 158 Å². The number of halogens is 6. The molecule has 0 fully saturated rings. The molecule has 12 heteroatoms. The van der Waals surface area contributed by atoms with Crippen molar-refractivity contribution in [3.63, 3.8) is 0 Å². The minimum absolute atomic E-state index is 0.225. The Kier molecular flexibility index (Phi) is 5.94. The molecule has 5 nitrogen and oxygen atoms in total. The summed E-state index contributed by atoms with van der Waals surface area (Å²) >= 11 is 0. The monoisotopic (exact) mass is 431 g/mol. The van der Waals surface area contributed by atoms with Crippen LogP contribution in [0.25, 0.3) is 0 Å². The van der Waals surface area contributed by atoms with E-state index in [2.05, 4.69) is 15.0 Å². The Bertz CT molecular complexity index is 876. The summed E-state index contributed by atoms with van der Waals surface area (Å²) in [5.74, 6) is -0.0603. The second kappa shape index (κ2) is 7.45. The third-order valence-corrected chi connectivity index (χ3v) is 5.38. The average Bonchev–Trinajstić information content (AvgIpc) is 2.49. The number of nitrogens with zero attached hydrogens (tertiary/aromatic N) is 1. The van der Waals surface area contributed by atoms with Crippen molar-refractivity contribution in [2.75, 3.05) is 5.32 Å². The van der Waals surface area contributed by atoms with Gasteiger partial charge in [0.25, 0.3) is 10.0 Å². The fraction of sp³-hybridized carbons (Fsp3) is 0.562. The first kappa shape index (κ1) is 22.3. The number of fused-ring (bicyclic) bond motifs is 1. The molecule has 1 aromatic rings. The highest BCUT2D eigenvalue weighted by atomic mass is 32.2. The van der Waals surface area contributed by atoms with Crippen LogP contribution in [0.1, 0.15) is 44.7 Å². The molecule has 2 rings (SSSR count). The summed E-state index contributed by atoms with van der Waals surface area (Å²) in [7, 11) is -4.87. The van der Waals surface area contributed by atoms with Crippen LogP contribution < -0.4 is 10.6 Å². The quantitative estimate of drug-likeness (QED) is 0.684. The highest BCUT2D eigenvalue weighted by Gasteiger charge is 2.44. The number of guanidine groups is 1. The van der Waals surface area contributed by atoms with Gasteiger partial charge in [0.1, 0.15) is 4.90 Å². The first-order valence-corrected chi connectivity index (χ1v) is 9.76. The number of nitrogens with one attached hydrogen (secondary N) is 2. The van der Waals surface area contributed by atoms with E-state index < -0.39 is 50.0 Å². The standard InChI is InChI=1S/C16H19F6N3O2S/c1-8(2)4-5-9(3)23-14-24-12-7-10(15(17,18)19)6-11(16(20,21)22)13(12)28(26,27)25-14/h6-9H,4-5H2,1-3H3,(H2,23,24,25). The average molecular weight is 431 g/mol. The van der Waals surface area contributed by atoms with Crippen molar-refractivity contribution in [3.05, 3.63) is 23.3 Å². The Morgan fingerprint density at radius 1 is 1.04 bits per heavy atom. The van der Waals surface area contributed by atoms with Crippen molar-refractivity contribution in [2.45, 2.75) is 56.9 Å². The van der Waals surface area contributed by atoms with E-state index in [-0.39, 0.29) is 12.1 Å². The van der Waals surface area contributed by atoms with Crippen LogP contribution in [0, 0.1) is 5.92 Å². The zero-order valence-electron chi connectivity index (χ0n) is 15.2. The molecule has 2 N–H and O–H groups in total. The highest BCUT2D eigenvalue weighted by molar-refractivity contribution is 7.90. The molecule has 0 aromatic heterocycles. The van der Waals surface area contributed by atoms with Gasteiger partial charge in [0.05, 0.1) is 16.8 Å². The maximum Gasteiger partial charge on any atom is 0.417 e. The molecule has 1 aliphatic heterocycles. The number of hydrogen-bond acceptors (Lipinski definition) is 4. The molecule has 0 bridgehead atoms. The van der Waals surface area contributed by atoms with Gasteiger partial charge < -0.3 is 10.6 Å². The Balaban J connectivity index is 2.49. The first-order valence-electron chi connectivity index (χ1n) is 8.32. The largest absolute Gasteiger partial charge is 0.417 e. The molecule has 0 saturated heterocycles. The Morgan fingerprint density at radius 3 is 2.14 bits per heavy atom. The molecule has 1 heterocycles. The van der Waals surface area contributed by atoms with E-state index in [0.717, 1.165) is 6.42 Å². The molecule has 28 heavy (non-hydrogen) atoms. The minimum atomic E-state index is -5.31. The lowest BCUT2D eigenvalue weighted by atomic mass is 10.0. The van der Waals surface area contributed by atoms with Crippen LogP contribution in [0.2, 0.25) is 0 Å².